The fraction of sp³-hybridized carbons (Fsp3) is 0.538. The van der Waals surface area contributed by atoms with E-state index in [1.165, 1.54) is 6.07 Å². The smallest absolute Gasteiger partial charge is 0.127 e. The van der Waals surface area contributed by atoms with Gasteiger partial charge in [-0.25, -0.2) is 4.39 Å². The fourth-order valence-electron chi connectivity index (χ4n) is 1.77. The molecule has 0 spiro atoms. The van der Waals surface area contributed by atoms with Gasteiger partial charge in [-0.2, -0.15) is 0 Å². The van der Waals surface area contributed by atoms with Crippen molar-refractivity contribution in [3.05, 3.63) is 34.1 Å². The molecule has 3 nitrogen and oxygen atoms in total. The molecule has 0 bridgehead atoms. The van der Waals surface area contributed by atoms with Gasteiger partial charge >= 0.3 is 0 Å². The molecule has 1 atom stereocenters. The van der Waals surface area contributed by atoms with E-state index < -0.39 is 0 Å². The third-order valence-electron chi connectivity index (χ3n) is 2.76. The summed E-state index contributed by atoms with van der Waals surface area (Å²) in [5, 5.41) is 0. The zero-order valence-electron chi connectivity index (χ0n) is 10.6. The average molecular weight is 319 g/mol. The Balaban J connectivity index is 2.46. The number of rotatable bonds is 8. The quantitative estimate of drug-likeness (QED) is 0.440. The third-order valence-corrected chi connectivity index (χ3v) is 3.26. The summed E-state index contributed by atoms with van der Waals surface area (Å²) in [7, 11) is 0. The van der Waals surface area contributed by atoms with Gasteiger partial charge in [0.15, 0.2) is 0 Å². The van der Waals surface area contributed by atoms with Gasteiger partial charge in [-0.15, -0.1) is 0 Å². The highest BCUT2D eigenvalue weighted by Crippen LogP contribution is 2.17. The first-order chi connectivity index (χ1) is 8.67. The molecule has 1 aromatic carbocycles. The van der Waals surface area contributed by atoms with E-state index in [2.05, 4.69) is 21.4 Å². The number of nitrogens with one attached hydrogen (secondary N) is 1. The molecule has 0 aliphatic rings. The van der Waals surface area contributed by atoms with Gasteiger partial charge < -0.3 is 4.74 Å². The zero-order chi connectivity index (χ0) is 13.4. The Morgan fingerprint density at radius 1 is 1.50 bits per heavy atom. The molecular weight excluding hydrogens is 299 g/mol. The van der Waals surface area contributed by atoms with E-state index in [0.717, 1.165) is 30.5 Å². The number of hydrazine groups is 1. The fourth-order valence-corrected chi connectivity index (χ4v) is 2.11. The largest absolute Gasteiger partial charge is 0.382 e. The summed E-state index contributed by atoms with van der Waals surface area (Å²) in [6, 6.07) is 5.17. The van der Waals surface area contributed by atoms with Gasteiger partial charge in [-0.3, -0.25) is 11.3 Å². The highest BCUT2D eigenvalue weighted by Gasteiger charge is 2.11. The van der Waals surface area contributed by atoms with Crippen LogP contribution in [-0.4, -0.2) is 19.3 Å². The molecule has 0 radical (unpaired) electrons. The Morgan fingerprint density at radius 2 is 2.28 bits per heavy atom. The SMILES string of the molecule is CCOCCCC(Cc1ccc(Br)cc1F)NN. The summed E-state index contributed by atoms with van der Waals surface area (Å²) >= 11 is 3.24. The first-order valence-corrected chi connectivity index (χ1v) is 6.94. The molecule has 0 amide bonds. The van der Waals surface area contributed by atoms with Crippen LogP contribution < -0.4 is 11.3 Å². The Bertz CT molecular complexity index is 363. The Hall–Kier alpha value is -0.490. The second-order valence-corrected chi connectivity index (χ2v) is 5.06. The molecule has 1 unspecified atom stereocenters. The van der Waals surface area contributed by atoms with Gasteiger partial charge in [0.05, 0.1) is 0 Å². The molecule has 5 heteroatoms. The van der Waals surface area contributed by atoms with E-state index >= 15 is 0 Å². The average Bonchev–Trinajstić information content (AvgIpc) is 2.35. The van der Waals surface area contributed by atoms with Crippen LogP contribution in [0.4, 0.5) is 4.39 Å². The standard InChI is InChI=1S/C13H20BrFN2O/c1-2-18-7-3-4-12(17-16)8-10-5-6-11(14)9-13(10)15/h5-6,9,12,17H,2-4,7-8,16H2,1H3. The highest BCUT2D eigenvalue weighted by molar-refractivity contribution is 9.10. The van der Waals surface area contributed by atoms with Crippen LogP contribution in [-0.2, 0) is 11.2 Å². The number of benzene rings is 1. The van der Waals surface area contributed by atoms with E-state index in [1.807, 2.05) is 13.0 Å². The van der Waals surface area contributed by atoms with Crippen LogP contribution in [0.3, 0.4) is 0 Å². The lowest BCUT2D eigenvalue weighted by molar-refractivity contribution is 0.140. The Labute approximate surface area is 116 Å². The number of halogens is 2. The van der Waals surface area contributed by atoms with Crippen molar-refractivity contribution in [1.29, 1.82) is 0 Å². The molecule has 1 rings (SSSR count). The molecule has 0 fully saturated rings. The van der Waals surface area contributed by atoms with E-state index in [0.29, 0.717) is 12.0 Å². The van der Waals surface area contributed by atoms with E-state index in [-0.39, 0.29) is 11.9 Å². The highest BCUT2D eigenvalue weighted by atomic mass is 79.9. The second-order valence-electron chi connectivity index (χ2n) is 4.14. The minimum absolute atomic E-state index is 0.0705. The molecule has 1 aromatic rings. The number of ether oxygens (including phenoxy) is 1. The van der Waals surface area contributed by atoms with Crippen molar-refractivity contribution in [2.45, 2.75) is 32.2 Å². The summed E-state index contributed by atoms with van der Waals surface area (Å²) in [6.45, 7) is 3.41. The van der Waals surface area contributed by atoms with Gasteiger partial charge in [0.25, 0.3) is 0 Å². The maximum Gasteiger partial charge on any atom is 0.127 e. The maximum atomic E-state index is 13.7. The van der Waals surface area contributed by atoms with Crippen LogP contribution in [0.2, 0.25) is 0 Å². The van der Waals surface area contributed by atoms with Crippen LogP contribution in [0.25, 0.3) is 0 Å². The number of nitrogens with two attached hydrogens (primary N) is 1. The first kappa shape index (κ1) is 15.6. The van der Waals surface area contributed by atoms with Crippen molar-refractivity contribution < 1.29 is 9.13 Å². The van der Waals surface area contributed by atoms with Gasteiger partial charge in [-0.1, -0.05) is 22.0 Å². The van der Waals surface area contributed by atoms with E-state index in [1.54, 1.807) is 6.07 Å². The predicted molar refractivity (Wildman–Crippen MR) is 74.6 cm³/mol. The van der Waals surface area contributed by atoms with Crippen LogP contribution >= 0.6 is 15.9 Å². The molecular formula is C13H20BrFN2O. The van der Waals surface area contributed by atoms with Crippen LogP contribution in [0.1, 0.15) is 25.3 Å². The normalized spacial score (nSPS) is 12.7. The molecule has 18 heavy (non-hydrogen) atoms. The van der Waals surface area contributed by atoms with Crippen molar-refractivity contribution in [2.24, 2.45) is 5.84 Å². The topological polar surface area (TPSA) is 47.3 Å². The van der Waals surface area contributed by atoms with E-state index in [9.17, 15) is 4.39 Å². The zero-order valence-corrected chi connectivity index (χ0v) is 12.2. The summed E-state index contributed by atoms with van der Waals surface area (Å²) in [5.41, 5.74) is 3.41. The third kappa shape index (κ3) is 5.44. The maximum absolute atomic E-state index is 13.7. The van der Waals surface area contributed by atoms with Gasteiger partial charge in [0, 0.05) is 23.7 Å². The van der Waals surface area contributed by atoms with Gasteiger partial charge in [-0.05, 0) is 43.9 Å². The molecule has 0 saturated carbocycles. The minimum atomic E-state index is -0.200. The lowest BCUT2D eigenvalue weighted by Crippen LogP contribution is -2.37. The Kier molecular flexibility index (Phi) is 7.42. The molecule has 0 saturated heterocycles. The summed E-state index contributed by atoms with van der Waals surface area (Å²) < 4.78 is 19.7. The molecule has 0 aliphatic heterocycles. The van der Waals surface area contributed by atoms with Crippen molar-refractivity contribution in [3.63, 3.8) is 0 Å². The monoisotopic (exact) mass is 318 g/mol. The van der Waals surface area contributed by atoms with Gasteiger partial charge in [0.1, 0.15) is 5.82 Å². The van der Waals surface area contributed by atoms with Crippen LogP contribution in [0.15, 0.2) is 22.7 Å². The van der Waals surface area contributed by atoms with Crippen LogP contribution in [0.5, 0.6) is 0 Å². The molecule has 3 N–H and O–H groups in total. The lowest BCUT2D eigenvalue weighted by Gasteiger charge is -2.16. The summed E-state index contributed by atoms with van der Waals surface area (Å²) in [6.07, 6.45) is 2.37. The lowest BCUT2D eigenvalue weighted by atomic mass is 10.0. The molecule has 0 heterocycles. The van der Waals surface area contributed by atoms with E-state index in [4.69, 9.17) is 10.6 Å². The first-order valence-electron chi connectivity index (χ1n) is 6.15. The minimum Gasteiger partial charge on any atom is -0.382 e. The Morgan fingerprint density at radius 3 is 2.89 bits per heavy atom. The predicted octanol–water partition coefficient (Wildman–Crippen LogP) is 2.78. The van der Waals surface area contributed by atoms with Crippen molar-refractivity contribution in [1.82, 2.24) is 5.43 Å². The molecule has 102 valence electrons. The van der Waals surface area contributed by atoms with Crippen molar-refractivity contribution in [2.75, 3.05) is 13.2 Å². The van der Waals surface area contributed by atoms with Crippen molar-refractivity contribution >= 4 is 15.9 Å². The van der Waals surface area contributed by atoms with Crippen molar-refractivity contribution in [3.8, 4) is 0 Å². The molecule has 0 aromatic heterocycles. The second kappa shape index (κ2) is 8.58. The number of hydrogen-bond donors (Lipinski definition) is 2. The van der Waals surface area contributed by atoms with Gasteiger partial charge in [0.2, 0.25) is 0 Å². The summed E-state index contributed by atoms with van der Waals surface area (Å²) in [5.74, 6) is 5.29. The summed E-state index contributed by atoms with van der Waals surface area (Å²) in [4.78, 5) is 0. The number of hydrogen-bond acceptors (Lipinski definition) is 3. The molecule has 0 aliphatic carbocycles. The van der Waals surface area contributed by atoms with Crippen LogP contribution in [0, 0.1) is 5.82 Å².